The quantitative estimate of drug-likeness (QED) is 0.662. The molecule has 4 nitrogen and oxygen atoms in total. The van der Waals surface area contributed by atoms with E-state index in [0.717, 1.165) is 5.69 Å². The molecule has 0 aliphatic carbocycles. The molecule has 2 N–H and O–H groups in total. The Morgan fingerprint density at radius 2 is 2.42 bits per heavy atom. The second-order valence-corrected chi connectivity index (χ2v) is 2.54. The maximum Gasteiger partial charge on any atom is 0.182 e. The van der Waals surface area contributed by atoms with E-state index in [2.05, 4.69) is 5.16 Å². The number of nitrogens with two attached hydrogens (primary N) is 1. The lowest BCUT2D eigenvalue weighted by molar-refractivity contribution is -0.112. The Kier molecular flexibility index (Phi) is 2.28. The van der Waals surface area contributed by atoms with Crippen LogP contribution in [0.3, 0.4) is 0 Å². The fraction of sp³-hybridized carbons (Fsp3) is 0.250. The van der Waals surface area contributed by atoms with Gasteiger partial charge in [-0.3, -0.25) is 4.79 Å². The number of aromatic nitrogens is 1. The standard InChI is InChI=1S/C8H10N2O2/c1-5-3-8(12-10-5)7(9)4-6(2)11/h3-4H,9H2,1-2H3. The summed E-state index contributed by atoms with van der Waals surface area (Å²) in [6, 6.07) is 1.68. The number of carbonyl (C=O) groups excluding carboxylic acids is 1. The first kappa shape index (κ1) is 8.52. The summed E-state index contributed by atoms with van der Waals surface area (Å²) in [7, 11) is 0. The highest BCUT2D eigenvalue weighted by molar-refractivity contribution is 5.93. The summed E-state index contributed by atoms with van der Waals surface area (Å²) < 4.78 is 4.83. The molecule has 0 aliphatic heterocycles. The van der Waals surface area contributed by atoms with Crippen molar-refractivity contribution >= 4 is 11.5 Å². The summed E-state index contributed by atoms with van der Waals surface area (Å²) in [6.45, 7) is 3.21. The number of nitrogens with zero attached hydrogens (tertiary/aromatic N) is 1. The molecule has 0 saturated carbocycles. The van der Waals surface area contributed by atoms with Crippen molar-refractivity contribution in [1.29, 1.82) is 0 Å². The Morgan fingerprint density at radius 3 is 2.83 bits per heavy atom. The number of ketones is 1. The number of allylic oxidation sites excluding steroid dienone is 1. The van der Waals surface area contributed by atoms with E-state index < -0.39 is 0 Å². The largest absolute Gasteiger partial charge is 0.396 e. The molecule has 4 heteroatoms. The SMILES string of the molecule is CC(=O)C=C(N)c1cc(C)no1. The van der Waals surface area contributed by atoms with E-state index in [0.29, 0.717) is 11.5 Å². The Hall–Kier alpha value is -1.58. The Labute approximate surface area is 70.0 Å². The third-order valence-corrected chi connectivity index (χ3v) is 1.27. The second kappa shape index (κ2) is 3.21. The van der Waals surface area contributed by atoms with Crippen LogP contribution in [0.2, 0.25) is 0 Å². The molecule has 1 heterocycles. The first-order chi connectivity index (χ1) is 5.59. The van der Waals surface area contributed by atoms with Crippen molar-refractivity contribution in [2.24, 2.45) is 5.73 Å². The molecule has 1 aromatic heterocycles. The van der Waals surface area contributed by atoms with Gasteiger partial charge in [-0.05, 0) is 13.8 Å². The minimum absolute atomic E-state index is 0.110. The van der Waals surface area contributed by atoms with Gasteiger partial charge in [0.25, 0.3) is 0 Å². The lowest BCUT2D eigenvalue weighted by Crippen LogP contribution is -1.97. The van der Waals surface area contributed by atoms with E-state index in [-0.39, 0.29) is 5.78 Å². The number of hydrogen-bond donors (Lipinski definition) is 1. The topological polar surface area (TPSA) is 69.1 Å². The molecule has 0 unspecified atom stereocenters. The number of rotatable bonds is 2. The van der Waals surface area contributed by atoms with Crippen molar-refractivity contribution in [3.63, 3.8) is 0 Å². The van der Waals surface area contributed by atoms with Crippen LogP contribution in [-0.4, -0.2) is 10.9 Å². The predicted molar refractivity (Wildman–Crippen MR) is 44.1 cm³/mol. The van der Waals surface area contributed by atoms with Crippen LogP contribution in [0, 0.1) is 6.92 Å². The molecule has 0 atom stereocenters. The van der Waals surface area contributed by atoms with Crippen LogP contribution in [0.15, 0.2) is 16.7 Å². The predicted octanol–water partition coefficient (Wildman–Crippen LogP) is 0.872. The van der Waals surface area contributed by atoms with Crippen LogP contribution in [0.25, 0.3) is 5.70 Å². The summed E-state index contributed by atoms with van der Waals surface area (Å²) in [4.78, 5) is 10.6. The Morgan fingerprint density at radius 1 is 1.75 bits per heavy atom. The smallest absolute Gasteiger partial charge is 0.182 e. The molecule has 0 fully saturated rings. The van der Waals surface area contributed by atoms with Gasteiger partial charge in [-0.2, -0.15) is 0 Å². The highest BCUT2D eigenvalue weighted by Gasteiger charge is 2.03. The summed E-state index contributed by atoms with van der Waals surface area (Å²) in [6.07, 6.45) is 1.31. The molecule has 0 amide bonds. The van der Waals surface area contributed by atoms with Gasteiger partial charge >= 0.3 is 0 Å². The fourth-order valence-electron chi connectivity index (χ4n) is 0.790. The van der Waals surface area contributed by atoms with Crippen molar-refractivity contribution in [2.75, 3.05) is 0 Å². The summed E-state index contributed by atoms with van der Waals surface area (Å²) >= 11 is 0. The van der Waals surface area contributed by atoms with Crippen LogP contribution in [-0.2, 0) is 4.79 Å². The van der Waals surface area contributed by atoms with Gasteiger partial charge < -0.3 is 10.3 Å². The monoisotopic (exact) mass is 166 g/mol. The van der Waals surface area contributed by atoms with Crippen LogP contribution in [0.5, 0.6) is 0 Å². The van der Waals surface area contributed by atoms with Gasteiger partial charge in [0, 0.05) is 12.1 Å². The first-order valence-electron chi connectivity index (χ1n) is 3.51. The van der Waals surface area contributed by atoms with Gasteiger partial charge in [0.05, 0.1) is 11.4 Å². The molecule has 0 saturated heterocycles. The zero-order valence-corrected chi connectivity index (χ0v) is 7.00. The number of hydrogen-bond acceptors (Lipinski definition) is 4. The summed E-state index contributed by atoms with van der Waals surface area (Å²) in [5, 5.41) is 3.64. The molecule has 1 aromatic rings. The van der Waals surface area contributed by atoms with Crippen molar-refractivity contribution < 1.29 is 9.32 Å². The van der Waals surface area contributed by atoms with Gasteiger partial charge in [-0.15, -0.1) is 0 Å². The first-order valence-corrected chi connectivity index (χ1v) is 3.51. The van der Waals surface area contributed by atoms with E-state index in [1.807, 2.05) is 0 Å². The zero-order chi connectivity index (χ0) is 9.14. The molecule has 0 bridgehead atoms. The summed E-state index contributed by atoms with van der Waals surface area (Å²) in [5.74, 6) is 0.323. The molecular formula is C8H10N2O2. The summed E-state index contributed by atoms with van der Waals surface area (Å²) in [5.41, 5.74) is 6.56. The maximum absolute atomic E-state index is 10.6. The number of aryl methyl sites for hydroxylation is 1. The van der Waals surface area contributed by atoms with Crippen molar-refractivity contribution in [3.8, 4) is 0 Å². The van der Waals surface area contributed by atoms with Gasteiger partial charge in [0.15, 0.2) is 11.5 Å². The number of carbonyl (C=O) groups is 1. The minimum atomic E-state index is -0.110. The molecule has 1 rings (SSSR count). The van der Waals surface area contributed by atoms with E-state index in [1.54, 1.807) is 13.0 Å². The van der Waals surface area contributed by atoms with Crippen LogP contribution < -0.4 is 5.73 Å². The normalized spacial score (nSPS) is 11.7. The third-order valence-electron chi connectivity index (χ3n) is 1.27. The lowest BCUT2D eigenvalue weighted by atomic mass is 10.2. The molecular weight excluding hydrogens is 156 g/mol. The lowest BCUT2D eigenvalue weighted by Gasteiger charge is -1.90. The highest BCUT2D eigenvalue weighted by atomic mass is 16.5. The molecule has 12 heavy (non-hydrogen) atoms. The van der Waals surface area contributed by atoms with Gasteiger partial charge in [0.2, 0.25) is 0 Å². The molecule has 0 spiro atoms. The average Bonchev–Trinajstić information content (AvgIpc) is 2.34. The van der Waals surface area contributed by atoms with Crippen LogP contribution >= 0.6 is 0 Å². The third kappa shape index (κ3) is 1.95. The van der Waals surface area contributed by atoms with E-state index in [9.17, 15) is 4.79 Å². The molecule has 64 valence electrons. The average molecular weight is 166 g/mol. The Balaban J connectivity index is 2.91. The zero-order valence-electron chi connectivity index (χ0n) is 7.00. The maximum atomic E-state index is 10.6. The van der Waals surface area contributed by atoms with Crippen LogP contribution in [0.1, 0.15) is 18.4 Å². The van der Waals surface area contributed by atoms with E-state index >= 15 is 0 Å². The van der Waals surface area contributed by atoms with E-state index in [4.69, 9.17) is 10.3 Å². The van der Waals surface area contributed by atoms with Crippen molar-refractivity contribution in [2.45, 2.75) is 13.8 Å². The molecule has 0 radical (unpaired) electrons. The van der Waals surface area contributed by atoms with Gasteiger partial charge in [0.1, 0.15) is 0 Å². The highest BCUT2D eigenvalue weighted by Crippen LogP contribution is 2.09. The molecule has 0 aliphatic rings. The Bertz CT molecular complexity index is 326. The fourth-order valence-corrected chi connectivity index (χ4v) is 0.790. The van der Waals surface area contributed by atoms with Gasteiger partial charge in [-0.1, -0.05) is 5.16 Å². The van der Waals surface area contributed by atoms with Gasteiger partial charge in [-0.25, -0.2) is 0 Å². The second-order valence-electron chi connectivity index (χ2n) is 2.54. The van der Waals surface area contributed by atoms with Crippen molar-refractivity contribution in [3.05, 3.63) is 23.6 Å². The molecule has 0 aromatic carbocycles. The minimum Gasteiger partial charge on any atom is -0.396 e. The van der Waals surface area contributed by atoms with E-state index in [1.165, 1.54) is 13.0 Å². The van der Waals surface area contributed by atoms with Crippen molar-refractivity contribution in [1.82, 2.24) is 5.16 Å². The van der Waals surface area contributed by atoms with Crippen LogP contribution in [0.4, 0.5) is 0 Å².